The first kappa shape index (κ1) is 20.3. The molecule has 0 saturated carbocycles. The van der Waals surface area contributed by atoms with Gasteiger partial charge in [0.25, 0.3) is 5.91 Å². The van der Waals surface area contributed by atoms with E-state index in [-0.39, 0.29) is 5.91 Å². The monoisotopic (exact) mass is 395 g/mol. The molecular weight excluding hydrogens is 366 g/mol. The van der Waals surface area contributed by atoms with Gasteiger partial charge < -0.3 is 10.6 Å². The highest BCUT2D eigenvalue weighted by Crippen LogP contribution is 2.25. The van der Waals surface area contributed by atoms with Gasteiger partial charge in [-0.15, -0.1) is 0 Å². The van der Waals surface area contributed by atoms with Crippen LogP contribution >= 0.6 is 11.5 Å². The standard InChI is InChI=1S/C23H29N3OS/c1-2-3-4-5-9-18-12-14-19(15-13-18)23(27)25-17-8-16-24-22-20-10-6-7-11-21(20)28-26-22/h6-7,10-15H,2-5,8-9,16-17H2,1H3,(H,24,26)(H,25,27). The molecule has 0 aliphatic heterocycles. The van der Waals surface area contributed by atoms with E-state index in [0.29, 0.717) is 6.54 Å². The van der Waals surface area contributed by atoms with Crippen LogP contribution in [-0.2, 0) is 6.42 Å². The summed E-state index contributed by atoms with van der Waals surface area (Å²) < 4.78 is 5.65. The molecule has 2 aromatic carbocycles. The van der Waals surface area contributed by atoms with E-state index in [1.165, 1.54) is 47.5 Å². The molecule has 3 aromatic rings. The van der Waals surface area contributed by atoms with Gasteiger partial charge in [-0.3, -0.25) is 4.79 Å². The summed E-state index contributed by atoms with van der Waals surface area (Å²) in [6, 6.07) is 16.2. The fourth-order valence-corrected chi connectivity index (χ4v) is 3.95. The molecule has 4 nitrogen and oxygen atoms in total. The second-order valence-corrected chi connectivity index (χ2v) is 7.88. The van der Waals surface area contributed by atoms with Crippen LogP contribution in [0.4, 0.5) is 5.82 Å². The van der Waals surface area contributed by atoms with Crippen molar-refractivity contribution >= 4 is 33.3 Å². The van der Waals surface area contributed by atoms with E-state index >= 15 is 0 Å². The van der Waals surface area contributed by atoms with E-state index in [0.717, 1.165) is 36.2 Å². The van der Waals surface area contributed by atoms with Crippen LogP contribution in [0.25, 0.3) is 10.1 Å². The number of nitrogens with one attached hydrogen (secondary N) is 2. The molecule has 3 rings (SSSR count). The predicted molar refractivity (Wildman–Crippen MR) is 119 cm³/mol. The number of aryl methyl sites for hydroxylation is 1. The van der Waals surface area contributed by atoms with Gasteiger partial charge in [-0.25, -0.2) is 0 Å². The average molecular weight is 396 g/mol. The quantitative estimate of drug-likeness (QED) is 0.412. The van der Waals surface area contributed by atoms with E-state index in [1.54, 1.807) is 0 Å². The zero-order valence-electron chi connectivity index (χ0n) is 16.5. The molecule has 0 fully saturated rings. The Morgan fingerprint density at radius 2 is 1.79 bits per heavy atom. The molecule has 0 bridgehead atoms. The van der Waals surface area contributed by atoms with Gasteiger partial charge in [-0.05, 0) is 60.6 Å². The molecule has 1 aromatic heterocycles. The topological polar surface area (TPSA) is 54.0 Å². The Bertz CT molecular complexity index is 873. The molecule has 0 radical (unpaired) electrons. The number of aromatic nitrogens is 1. The molecule has 0 aliphatic rings. The number of hydrogen-bond acceptors (Lipinski definition) is 4. The van der Waals surface area contributed by atoms with Crippen LogP contribution in [0.1, 0.15) is 54.9 Å². The van der Waals surface area contributed by atoms with Crippen molar-refractivity contribution in [3.8, 4) is 0 Å². The number of rotatable bonds is 11. The highest BCUT2D eigenvalue weighted by atomic mass is 32.1. The number of carbonyl (C=O) groups is 1. The van der Waals surface area contributed by atoms with Crippen molar-refractivity contribution in [3.63, 3.8) is 0 Å². The largest absolute Gasteiger partial charge is 0.369 e. The number of anilines is 1. The Kier molecular flexibility index (Phi) is 7.85. The van der Waals surface area contributed by atoms with Crippen LogP contribution in [0.5, 0.6) is 0 Å². The van der Waals surface area contributed by atoms with Crippen molar-refractivity contribution in [3.05, 3.63) is 59.7 Å². The Labute approximate surface area is 171 Å². The molecule has 5 heteroatoms. The molecule has 2 N–H and O–H groups in total. The van der Waals surface area contributed by atoms with Gasteiger partial charge in [0.1, 0.15) is 5.82 Å². The summed E-state index contributed by atoms with van der Waals surface area (Å²) in [7, 11) is 0. The third-order valence-electron chi connectivity index (χ3n) is 4.84. The van der Waals surface area contributed by atoms with Gasteiger partial charge in [-0.2, -0.15) is 4.37 Å². The highest BCUT2D eigenvalue weighted by Gasteiger charge is 2.06. The third kappa shape index (κ3) is 5.80. The summed E-state index contributed by atoms with van der Waals surface area (Å²) >= 11 is 1.51. The van der Waals surface area contributed by atoms with Crippen LogP contribution in [-0.4, -0.2) is 23.4 Å². The van der Waals surface area contributed by atoms with Gasteiger partial charge >= 0.3 is 0 Å². The minimum absolute atomic E-state index is 0.00311. The lowest BCUT2D eigenvalue weighted by molar-refractivity contribution is 0.0953. The maximum absolute atomic E-state index is 12.3. The van der Waals surface area contributed by atoms with Gasteiger partial charge in [0, 0.05) is 24.0 Å². The average Bonchev–Trinajstić information content (AvgIpc) is 3.14. The lowest BCUT2D eigenvalue weighted by Crippen LogP contribution is -2.25. The van der Waals surface area contributed by atoms with Gasteiger partial charge in [0.2, 0.25) is 0 Å². The van der Waals surface area contributed by atoms with Crippen LogP contribution < -0.4 is 10.6 Å². The molecule has 148 valence electrons. The second-order valence-electron chi connectivity index (χ2n) is 7.07. The number of hydrogen-bond donors (Lipinski definition) is 2. The second kappa shape index (κ2) is 10.8. The Hall–Kier alpha value is -2.40. The van der Waals surface area contributed by atoms with Crippen molar-refractivity contribution in [2.75, 3.05) is 18.4 Å². The van der Waals surface area contributed by atoms with E-state index in [4.69, 9.17) is 0 Å². The Balaban J connectivity index is 1.36. The Morgan fingerprint density at radius 3 is 2.61 bits per heavy atom. The van der Waals surface area contributed by atoms with Crippen molar-refractivity contribution in [2.24, 2.45) is 0 Å². The van der Waals surface area contributed by atoms with E-state index in [2.05, 4.69) is 46.2 Å². The number of benzene rings is 2. The number of carbonyl (C=O) groups excluding carboxylic acids is 1. The van der Waals surface area contributed by atoms with Gasteiger partial charge in [0.15, 0.2) is 0 Å². The predicted octanol–water partition coefficient (Wildman–Crippen LogP) is 5.65. The molecular formula is C23H29N3OS. The zero-order valence-corrected chi connectivity index (χ0v) is 17.4. The number of nitrogens with zero attached hydrogens (tertiary/aromatic N) is 1. The molecule has 28 heavy (non-hydrogen) atoms. The first-order chi connectivity index (χ1) is 13.8. The molecule has 1 heterocycles. The van der Waals surface area contributed by atoms with Crippen LogP contribution in [0.15, 0.2) is 48.5 Å². The van der Waals surface area contributed by atoms with E-state index < -0.39 is 0 Å². The number of unbranched alkanes of at least 4 members (excludes halogenated alkanes) is 3. The maximum atomic E-state index is 12.3. The SMILES string of the molecule is CCCCCCc1ccc(C(=O)NCCCNc2nsc3ccccc23)cc1. The van der Waals surface area contributed by atoms with Crippen LogP contribution in [0.3, 0.4) is 0 Å². The fraction of sp³-hybridized carbons (Fsp3) is 0.391. The molecule has 0 aliphatic carbocycles. The van der Waals surface area contributed by atoms with Crippen molar-refractivity contribution in [2.45, 2.75) is 45.4 Å². The van der Waals surface area contributed by atoms with E-state index in [1.807, 2.05) is 24.3 Å². The summed E-state index contributed by atoms with van der Waals surface area (Å²) in [6.07, 6.45) is 7.01. The van der Waals surface area contributed by atoms with Crippen molar-refractivity contribution in [1.82, 2.24) is 9.69 Å². The van der Waals surface area contributed by atoms with Crippen molar-refractivity contribution in [1.29, 1.82) is 0 Å². The molecule has 0 atom stereocenters. The first-order valence-corrected chi connectivity index (χ1v) is 11.0. The maximum Gasteiger partial charge on any atom is 0.251 e. The molecule has 1 amide bonds. The smallest absolute Gasteiger partial charge is 0.251 e. The summed E-state index contributed by atoms with van der Waals surface area (Å²) in [6.45, 7) is 3.65. The minimum Gasteiger partial charge on any atom is -0.369 e. The molecule has 0 saturated heterocycles. The minimum atomic E-state index is -0.00311. The lowest BCUT2D eigenvalue weighted by Gasteiger charge is -2.07. The number of amides is 1. The Morgan fingerprint density at radius 1 is 0.964 bits per heavy atom. The summed E-state index contributed by atoms with van der Waals surface area (Å²) in [5.74, 6) is 0.929. The fourth-order valence-electron chi connectivity index (χ4n) is 3.19. The summed E-state index contributed by atoms with van der Waals surface area (Å²) in [4.78, 5) is 12.3. The summed E-state index contributed by atoms with van der Waals surface area (Å²) in [5, 5.41) is 7.52. The van der Waals surface area contributed by atoms with Crippen molar-refractivity contribution < 1.29 is 4.79 Å². The van der Waals surface area contributed by atoms with Crippen LogP contribution in [0.2, 0.25) is 0 Å². The molecule has 0 spiro atoms. The third-order valence-corrected chi connectivity index (χ3v) is 5.67. The highest BCUT2D eigenvalue weighted by molar-refractivity contribution is 7.13. The van der Waals surface area contributed by atoms with E-state index in [9.17, 15) is 4.79 Å². The van der Waals surface area contributed by atoms with Gasteiger partial charge in [-0.1, -0.05) is 50.5 Å². The first-order valence-electron chi connectivity index (χ1n) is 10.2. The van der Waals surface area contributed by atoms with Crippen LogP contribution in [0, 0.1) is 0 Å². The number of fused-ring (bicyclic) bond motifs is 1. The normalized spacial score (nSPS) is 10.9. The van der Waals surface area contributed by atoms with Gasteiger partial charge in [0.05, 0.1) is 4.70 Å². The zero-order chi connectivity index (χ0) is 19.6. The molecule has 0 unspecified atom stereocenters. The summed E-state index contributed by atoms with van der Waals surface area (Å²) in [5.41, 5.74) is 2.04. The lowest BCUT2D eigenvalue weighted by atomic mass is 10.0.